The summed E-state index contributed by atoms with van der Waals surface area (Å²) >= 11 is 2.08. The molecule has 3 heteroatoms. The van der Waals surface area contributed by atoms with Crippen LogP contribution in [0.5, 0.6) is 0 Å². The molecule has 1 N–H and O–H groups in total. The van der Waals surface area contributed by atoms with Gasteiger partial charge >= 0.3 is 0 Å². The standard InChI is InChI=1S/C16H26N2S/c1-5-17-16(15-11-19-9-8-18(15)4)14-7-6-12(2)13(3)10-14/h6-7,10,15-17H,5,8-9,11H2,1-4H3. The lowest BCUT2D eigenvalue weighted by Crippen LogP contribution is -2.47. The molecule has 1 aromatic carbocycles. The minimum Gasteiger partial charge on any atom is -0.309 e. The fraction of sp³-hybridized carbons (Fsp3) is 0.625. The Bertz CT molecular complexity index is 419. The van der Waals surface area contributed by atoms with Gasteiger partial charge in [-0.2, -0.15) is 11.8 Å². The molecule has 0 bridgehead atoms. The van der Waals surface area contributed by atoms with Crippen molar-refractivity contribution < 1.29 is 0 Å². The van der Waals surface area contributed by atoms with Gasteiger partial charge in [0, 0.05) is 30.1 Å². The Balaban J connectivity index is 2.25. The summed E-state index contributed by atoms with van der Waals surface area (Å²) in [5.41, 5.74) is 4.21. The van der Waals surface area contributed by atoms with E-state index in [2.05, 4.69) is 68.0 Å². The van der Waals surface area contributed by atoms with Gasteiger partial charge in [-0.1, -0.05) is 25.1 Å². The van der Waals surface area contributed by atoms with Gasteiger partial charge in [-0.25, -0.2) is 0 Å². The van der Waals surface area contributed by atoms with Gasteiger partial charge in [0.15, 0.2) is 0 Å². The van der Waals surface area contributed by atoms with Crippen molar-refractivity contribution in [1.82, 2.24) is 10.2 Å². The summed E-state index contributed by atoms with van der Waals surface area (Å²) in [6.07, 6.45) is 0. The van der Waals surface area contributed by atoms with Crippen LogP contribution < -0.4 is 5.32 Å². The Morgan fingerprint density at radius 3 is 2.79 bits per heavy atom. The van der Waals surface area contributed by atoms with E-state index in [0.717, 1.165) is 6.54 Å². The maximum Gasteiger partial charge on any atom is 0.0486 e. The predicted octanol–water partition coefficient (Wildman–Crippen LogP) is 3.00. The van der Waals surface area contributed by atoms with E-state index in [4.69, 9.17) is 0 Å². The number of rotatable bonds is 4. The number of hydrogen-bond donors (Lipinski definition) is 1. The number of aryl methyl sites for hydroxylation is 2. The first-order chi connectivity index (χ1) is 9.13. The molecule has 1 aliphatic heterocycles. The van der Waals surface area contributed by atoms with E-state index in [1.165, 1.54) is 34.7 Å². The average Bonchev–Trinajstić information content (AvgIpc) is 2.40. The summed E-state index contributed by atoms with van der Waals surface area (Å²) in [6.45, 7) is 8.81. The van der Waals surface area contributed by atoms with Crippen LogP contribution in [0.1, 0.15) is 29.7 Å². The summed E-state index contributed by atoms with van der Waals surface area (Å²) in [5.74, 6) is 2.49. The van der Waals surface area contributed by atoms with Gasteiger partial charge in [0.05, 0.1) is 0 Å². The molecule has 106 valence electrons. The van der Waals surface area contributed by atoms with Gasteiger partial charge in [0.25, 0.3) is 0 Å². The number of hydrogen-bond acceptors (Lipinski definition) is 3. The molecule has 1 aromatic rings. The molecular formula is C16H26N2S. The van der Waals surface area contributed by atoms with Crippen LogP contribution in [0.25, 0.3) is 0 Å². The van der Waals surface area contributed by atoms with E-state index in [-0.39, 0.29) is 0 Å². The molecule has 2 nitrogen and oxygen atoms in total. The first kappa shape index (κ1) is 14.9. The molecule has 0 spiro atoms. The minimum atomic E-state index is 0.446. The van der Waals surface area contributed by atoms with Crippen molar-refractivity contribution in [2.45, 2.75) is 32.9 Å². The summed E-state index contributed by atoms with van der Waals surface area (Å²) < 4.78 is 0. The molecule has 2 unspecified atom stereocenters. The SMILES string of the molecule is CCNC(c1ccc(C)c(C)c1)C1CSCCN1C. The topological polar surface area (TPSA) is 15.3 Å². The van der Waals surface area contributed by atoms with Gasteiger partial charge in [-0.3, -0.25) is 4.90 Å². The maximum atomic E-state index is 3.69. The minimum absolute atomic E-state index is 0.446. The Labute approximate surface area is 122 Å². The number of thioether (sulfide) groups is 1. The zero-order chi connectivity index (χ0) is 13.8. The maximum absolute atomic E-state index is 3.69. The lowest BCUT2D eigenvalue weighted by molar-refractivity contribution is 0.217. The smallest absolute Gasteiger partial charge is 0.0486 e. The second kappa shape index (κ2) is 6.78. The van der Waals surface area contributed by atoms with E-state index >= 15 is 0 Å². The van der Waals surface area contributed by atoms with Crippen LogP contribution in [0, 0.1) is 13.8 Å². The van der Waals surface area contributed by atoms with Crippen LogP contribution in [0.15, 0.2) is 18.2 Å². The van der Waals surface area contributed by atoms with Crippen LogP contribution in [-0.2, 0) is 0 Å². The highest BCUT2D eigenvalue weighted by molar-refractivity contribution is 7.99. The summed E-state index contributed by atoms with van der Waals surface area (Å²) in [6, 6.07) is 7.95. The van der Waals surface area contributed by atoms with Gasteiger partial charge < -0.3 is 5.32 Å². The summed E-state index contributed by atoms with van der Waals surface area (Å²) in [5, 5.41) is 3.69. The van der Waals surface area contributed by atoms with Crippen LogP contribution in [0.4, 0.5) is 0 Å². The normalized spacial score (nSPS) is 22.4. The van der Waals surface area contributed by atoms with E-state index in [0.29, 0.717) is 12.1 Å². The van der Waals surface area contributed by atoms with E-state index in [1.807, 2.05) is 0 Å². The Hall–Kier alpha value is -0.510. The lowest BCUT2D eigenvalue weighted by atomic mass is 9.95. The lowest BCUT2D eigenvalue weighted by Gasteiger charge is -2.38. The van der Waals surface area contributed by atoms with Crippen LogP contribution in [0.2, 0.25) is 0 Å². The third kappa shape index (κ3) is 3.53. The van der Waals surface area contributed by atoms with Crippen molar-refractivity contribution in [3.8, 4) is 0 Å². The molecule has 0 aromatic heterocycles. The molecule has 0 radical (unpaired) electrons. The molecule has 1 fully saturated rings. The molecule has 0 saturated carbocycles. The fourth-order valence-electron chi connectivity index (χ4n) is 2.71. The van der Waals surface area contributed by atoms with E-state index in [1.54, 1.807) is 0 Å². The predicted molar refractivity (Wildman–Crippen MR) is 86.1 cm³/mol. The molecule has 1 saturated heterocycles. The highest BCUT2D eigenvalue weighted by Crippen LogP contribution is 2.27. The first-order valence-corrected chi connectivity index (χ1v) is 8.37. The third-order valence-corrected chi connectivity index (χ3v) is 5.19. The van der Waals surface area contributed by atoms with Gasteiger partial charge in [0.1, 0.15) is 0 Å². The molecule has 19 heavy (non-hydrogen) atoms. The quantitative estimate of drug-likeness (QED) is 0.911. The Kier molecular flexibility index (Phi) is 5.31. The second-order valence-electron chi connectivity index (χ2n) is 5.50. The highest BCUT2D eigenvalue weighted by Gasteiger charge is 2.28. The first-order valence-electron chi connectivity index (χ1n) is 7.22. The fourth-order valence-corrected chi connectivity index (χ4v) is 3.98. The van der Waals surface area contributed by atoms with Crippen LogP contribution in [-0.4, -0.2) is 42.6 Å². The van der Waals surface area contributed by atoms with Crippen molar-refractivity contribution in [2.75, 3.05) is 31.6 Å². The van der Waals surface area contributed by atoms with Gasteiger partial charge in [-0.15, -0.1) is 0 Å². The molecule has 1 aliphatic rings. The summed E-state index contributed by atoms with van der Waals surface area (Å²) in [4.78, 5) is 2.51. The molecule has 2 rings (SSSR count). The Morgan fingerprint density at radius 2 is 2.16 bits per heavy atom. The second-order valence-corrected chi connectivity index (χ2v) is 6.65. The zero-order valence-electron chi connectivity index (χ0n) is 12.6. The third-order valence-electron chi connectivity index (χ3n) is 4.14. The molecule has 0 aliphatic carbocycles. The zero-order valence-corrected chi connectivity index (χ0v) is 13.4. The highest BCUT2D eigenvalue weighted by atomic mass is 32.2. The van der Waals surface area contributed by atoms with Crippen molar-refractivity contribution in [2.24, 2.45) is 0 Å². The van der Waals surface area contributed by atoms with Crippen molar-refractivity contribution >= 4 is 11.8 Å². The average molecular weight is 278 g/mol. The number of nitrogens with zero attached hydrogens (tertiary/aromatic N) is 1. The van der Waals surface area contributed by atoms with Crippen molar-refractivity contribution in [3.05, 3.63) is 34.9 Å². The largest absolute Gasteiger partial charge is 0.309 e. The number of benzene rings is 1. The monoisotopic (exact) mass is 278 g/mol. The molecule has 2 atom stereocenters. The summed E-state index contributed by atoms with van der Waals surface area (Å²) in [7, 11) is 2.26. The van der Waals surface area contributed by atoms with E-state index in [9.17, 15) is 0 Å². The van der Waals surface area contributed by atoms with E-state index < -0.39 is 0 Å². The van der Waals surface area contributed by atoms with Crippen molar-refractivity contribution in [1.29, 1.82) is 0 Å². The Morgan fingerprint density at radius 1 is 1.37 bits per heavy atom. The molecular weight excluding hydrogens is 252 g/mol. The number of likely N-dealkylation sites (N-methyl/N-ethyl adjacent to an activating group) is 2. The van der Waals surface area contributed by atoms with Gasteiger partial charge in [0.2, 0.25) is 0 Å². The van der Waals surface area contributed by atoms with Crippen molar-refractivity contribution in [3.63, 3.8) is 0 Å². The van der Waals surface area contributed by atoms with Crippen LogP contribution in [0.3, 0.4) is 0 Å². The van der Waals surface area contributed by atoms with Crippen LogP contribution >= 0.6 is 11.8 Å². The van der Waals surface area contributed by atoms with Gasteiger partial charge in [-0.05, 0) is 44.1 Å². The number of nitrogens with one attached hydrogen (secondary N) is 1. The molecule has 0 amide bonds. The molecule has 1 heterocycles.